The fourth-order valence-corrected chi connectivity index (χ4v) is 3.44. The molecule has 0 aliphatic carbocycles. The van der Waals surface area contributed by atoms with Crippen LogP contribution in [0.4, 0.5) is 5.69 Å². The van der Waals surface area contributed by atoms with E-state index in [4.69, 9.17) is 0 Å². The van der Waals surface area contributed by atoms with Crippen LogP contribution in [0.25, 0.3) is 0 Å². The van der Waals surface area contributed by atoms with Crippen LogP contribution in [0, 0.1) is 27.7 Å². The Labute approximate surface area is 130 Å². The standard InChI is InChI=1S/C18H22BrN/c1-11-8-13(3)18(14(4)9-11)15(5)20-17-7-6-16(19)10-12(17)2/h6-10,15,20H,1-5H3. The van der Waals surface area contributed by atoms with Crippen molar-refractivity contribution in [3.05, 3.63) is 62.6 Å². The molecule has 0 radical (unpaired) electrons. The molecular formula is C18H22BrN. The van der Waals surface area contributed by atoms with Gasteiger partial charge in [0.25, 0.3) is 0 Å². The molecule has 1 N–H and O–H groups in total. The fourth-order valence-electron chi connectivity index (χ4n) is 2.97. The molecule has 1 atom stereocenters. The van der Waals surface area contributed by atoms with Crippen molar-refractivity contribution in [1.29, 1.82) is 0 Å². The smallest absolute Gasteiger partial charge is 0.0490 e. The van der Waals surface area contributed by atoms with Gasteiger partial charge in [-0.15, -0.1) is 0 Å². The van der Waals surface area contributed by atoms with Crippen LogP contribution in [0.1, 0.15) is 40.8 Å². The number of nitrogens with one attached hydrogen (secondary N) is 1. The summed E-state index contributed by atoms with van der Waals surface area (Å²) in [5, 5.41) is 3.63. The molecule has 0 bridgehead atoms. The Hall–Kier alpha value is -1.28. The lowest BCUT2D eigenvalue weighted by atomic mass is 9.94. The first-order chi connectivity index (χ1) is 9.38. The minimum absolute atomic E-state index is 0.301. The molecule has 0 saturated heterocycles. The summed E-state index contributed by atoms with van der Waals surface area (Å²) in [5.41, 5.74) is 7.90. The Morgan fingerprint density at radius 2 is 1.50 bits per heavy atom. The topological polar surface area (TPSA) is 12.0 Å². The van der Waals surface area contributed by atoms with Crippen molar-refractivity contribution in [3.63, 3.8) is 0 Å². The van der Waals surface area contributed by atoms with Gasteiger partial charge in [-0.05, 0) is 75.1 Å². The third kappa shape index (κ3) is 3.24. The molecule has 0 spiro atoms. The largest absolute Gasteiger partial charge is 0.378 e. The first-order valence-electron chi connectivity index (χ1n) is 6.99. The maximum atomic E-state index is 3.63. The fraction of sp³-hybridized carbons (Fsp3) is 0.333. The molecule has 1 unspecified atom stereocenters. The monoisotopic (exact) mass is 331 g/mol. The lowest BCUT2D eigenvalue weighted by Crippen LogP contribution is -2.11. The first kappa shape index (κ1) is 15.1. The highest BCUT2D eigenvalue weighted by Gasteiger charge is 2.12. The van der Waals surface area contributed by atoms with Gasteiger partial charge in [-0.2, -0.15) is 0 Å². The van der Waals surface area contributed by atoms with E-state index in [1.807, 2.05) is 0 Å². The molecule has 2 aromatic carbocycles. The summed E-state index contributed by atoms with van der Waals surface area (Å²) in [4.78, 5) is 0. The Morgan fingerprint density at radius 1 is 0.900 bits per heavy atom. The van der Waals surface area contributed by atoms with Crippen molar-refractivity contribution in [3.8, 4) is 0 Å². The summed E-state index contributed by atoms with van der Waals surface area (Å²) in [5.74, 6) is 0. The Kier molecular flexibility index (Phi) is 4.54. The van der Waals surface area contributed by atoms with Gasteiger partial charge in [0.05, 0.1) is 0 Å². The minimum atomic E-state index is 0.301. The number of benzene rings is 2. The van der Waals surface area contributed by atoms with Gasteiger partial charge in [0, 0.05) is 16.2 Å². The Balaban J connectivity index is 2.31. The second-order valence-electron chi connectivity index (χ2n) is 5.64. The van der Waals surface area contributed by atoms with Crippen LogP contribution in [0.2, 0.25) is 0 Å². The highest BCUT2D eigenvalue weighted by molar-refractivity contribution is 9.10. The molecule has 0 aliphatic rings. The summed E-state index contributed by atoms with van der Waals surface area (Å²) >= 11 is 3.51. The molecule has 0 heterocycles. The van der Waals surface area contributed by atoms with Gasteiger partial charge in [-0.1, -0.05) is 33.6 Å². The maximum absolute atomic E-state index is 3.63. The van der Waals surface area contributed by atoms with Gasteiger partial charge in [0.1, 0.15) is 0 Å². The SMILES string of the molecule is Cc1cc(C)c(C(C)Nc2ccc(Br)cc2C)c(C)c1. The van der Waals surface area contributed by atoms with Crippen LogP contribution in [0.5, 0.6) is 0 Å². The molecule has 2 rings (SSSR count). The van der Waals surface area contributed by atoms with Gasteiger partial charge in [-0.3, -0.25) is 0 Å². The summed E-state index contributed by atoms with van der Waals surface area (Å²) < 4.78 is 1.12. The third-order valence-corrected chi connectivity index (χ3v) is 4.22. The van der Waals surface area contributed by atoms with E-state index in [2.05, 4.69) is 86.2 Å². The molecule has 2 heteroatoms. The van der Waals surface area contributed by atoms with E-state index in [-0.39, 0.29) is 0 Å². The lowest BCUT2D eigenvalue weighted by Gasteiger charge is -2.22. The zero-order valence-electron chi connectivity index (χ0n) is 12.8. The van der Waals surface area contributed by atoms with E-state index in [0.717, 1.165) is 4.47 Å². The predicted molar refractivity (Wildman–Crippen MR) is 91.6 cm³/mol. The number of aryl methyl sites for hydroxylation is 4. The van der Waals surface area contributed by atoms with Crippen LogP contribution in [-0.2, 0) is 0 Å². The summed E-state index contributed by atoms with van der Waals surface area (Å²) in [6.45, 7) is 10.9. The van der Waals surface area contributed by atoms with Crippen molar-refractivity contribution in [2.45, 2.75) is 40.7 Å². The van der Waals surface area contributed by atoms with Gasteiger partial charge in [-0.25, -0.2) is 0 Å². The van der Waals surface area contributed by atoms with Crippen molar-refractivity contribution in [2.24, 2.45) is 0 Å². The summed E-state index contributed by atoms with van der Waals surface area (Å²) in [7, 11) is 0. The number of halogens is 1. The number of hydrogen-bond donors (Lipinski definition) is 1. The lowest BCUT2D eigenvalue weighted by molar-refractivity contribution is 0.860. The van der Waals surface area contributed by atoms with Crippen LogP contribution in [0.15, 0.2) is 34.8 Å². The Bertz CT molecular complexity index is 608. The normalized spacial score (nSPS) is 12.3. The molecule has 1 nitrogen and oxygen atoms in total. The molecule has 0 saturated carbocycles. The summed E-state index contributed by atoms with van der Waals surface area (Å²) in [6.07, 6.45) is 0. The predicted octanol–water partition coefficient (Wildman–Crippen LogP) is 5.86. The molecule has 0 aliphatic heterocycles. The highest BCUT2D eigenvalue weighted by atomic mass is 79.9. The van der Waals surface area contributed by atoms with Crippen LogP contribution < -0.4 is 5.32 Å². The average Bonchev–Trinajstić information content (AvgIpc) is 2.31. The molecule has 0 aromatic heterocycles. The van der Waals surface area contributed by atoms with E-state index in [0.29, 0.717) is 6.04 Å². The molecule has 2 aromatic rings. The maximum Gasteiger partial charge on any atom is 0.0490 e. The molecule has 106 valence electrons. The van der Waals surface area contributed by atoms with Crippen molar-refractivity contribution < 1.29 is 0 Å². The van der Waals surface area contributed by atoms with Crippen molar-refractivity contribution >= 4 is 21.6 Å². The van der Waals surface area contributed by atoms with Gasteiger partial charge in [0.2, 0.25) is 0 Å². The van der Waals surface area contributed by atoms with E-state index in [9.17, 15) is 0 Å². The number of hydrogen-bond acceptors (Lipinski definition) is 1. The van der Waals surface area contributed by atoms with Gasteiger partial charge < -0.3 is 5.32 Å². The van der Waals surface area contributed by atoms with Gasteiger partial charge >= 0.3 is 0 Å². The molecule has 0 amide bonds. The van der Waals surface area contributed by atoms with E-state index >= 15 is 0 Å². The highest BCUT2D eigenvalue weighted by Crippen LogP contribution is 2.28. The second-order valence-corrected chi connectivity index (χ2v) is 6.55. The van der Waals surface area contributed by atoms with Crippen LogP contribution >= 0.6 is 15.9 Å². The van der Waals surface area contributed by atoms with Crippen molar-refractivity contribution in [2.75, 3.05) is 5.32 Å². The minimum Gasteiger partial charge on any atom is -0.378 e. The molecule has 20 heavy (non-hydrogen) atoms. The van der Waals surface area contributed by atoms with E-state index < -0.39 is 0 Å². The van der Waals surface area contributed by atoms with E-state index in [1.54, 1.807) is 0 Å². The second kappa shape index (κ2) is 6.01. The van der Waals surface area contributed by atoms with Gasteiger partial charge in [0.15, 0.2) is 0 Å². The molecular weight excluding hydrogens is 310 g/mol. The zero-order valence-corrected chi connectivity index (χ0v) is 14.4. The quantitative estimate of drug-likeness (QED) is 0.743. The first-order valence-corrected chi connectivity index (χ1v) is 7.78. The van der Waals surface area contributed by atoms with Crippen LogP contribution in [-0.4, -0.2) is 0 Å². The molecule has 0 fully saturated rings. The summed E-state index contributed by atoms with van der Waals surface area (Å²) in [6, 6.07) is 11.2. The number of rotatable bonds is 3. The third-order valence-electron chi connectivity index (χ3n) is 3.73. The number of anilines is 1. The van der Waals surface area contributed by atoms with Crippen LogP contribution in [0.3, 0.4) is 0 Å². The zero-order chi connectivity index (χ0) is 14.9. The average molecular weight is 332 g/mol. The Morgan fingerprint density at radius 3 is 2.05 bits per heavy atom. The van der Waals surface area contributed by atoms with Crippen molar-refractivity contribution in [1.82, 2.24) is 0 Å². The van der Waals surface area contributed by atoms with E-state index in [1.165, 1.54) is 33.5 Å².